The van der Waals surface area contributed by atoms with Crippen LogP contribution in [0.3, 0.4) is 0 Å². The van der Waals surface area contributed by atoms with E-state index >= 15 is 0 Å². The highest BCUT2D eigenvalue weighted by Gasteiger charge is 2.06. The van der Waals surface area contributed by atoms with Crippen molar-refractivity contribution in [2.45, 2.75) is 19.9 Å². The summed E-state index contributed by atoms with van der Waals surface area (Å²) in [5, 5.41) is 3.85. The summed E-state index contributed by atoms with van der Waals surface area (Å²) in [7, 11) is 1.92. The van der Waals surface area contributed by atoms with Gasteiger partial charge in [-0.05, 0) is 33.0 Å². The molecule has 0 spiro atoms. The molecule has 0 saturated heterocycles. The van der Waals surface area contributed by atoms with Gasteiger partial charge in [-0.25, -0.2) is 0 Å². The second kappa shape index (κ2) is 5.13. The van der Waals surface area contributed by atoms with Crippen LogP contribution in [0.5, 0.6) is 0 Å². The molecule has 0 radical (unpaired) electrons. The number of nitrogens with one attached hydrogen (secondary N) is 1. The summed E-state index contributed by atoms with van der Waals surface area (Å²) in [6, 6.07) is 3.95. The van der Waals surface area contributed by atoms with Crippen molar-refractivity contribution in [2.75, 3.05) is 7.05 Å². The predicted octanol–water partition coefficient (Wildman–Crippen LogP) is 2.96. The lowest BCUT2D eigenvalue weighted by molar-refractivity contribution is 0.688. The first-order valence-electron chi connectivity index (χ1n) is 4.57. The van der Waals surface area contributed by atoms with Gasteiger partial charge >= 0.3 is 0 Å². The zero-order valence-corrected chi connectivity index (χ0v) is 9.47. The summed E-state index contributed by atoms with van der Waals surface area (Å²) in [5.41, 5.74) is 2.25. The van der Waals surface area contributed by atoms with Crippen molar-refractivity contribution in [1.82, 2.24) is 10.3 Å². The third kappa shape index (κ3) is 3.13. The Balaban J connectivity index is 2.90. The molecule has 0 aliphatic carbocycles. The summed E-state index contributed by atoms with van der Waals surface area (Å²) in [4.78, 5) is 4.26. The molecule has 0 aliphatic heterocycles. The highest BCUT2D eigenvalue weighted by molar-refractivity contribution is 6.30. The van der Waals surface area contributed by atoms with E-state index in [1.54, 1.807) is 6.20 Å². The molecule has 0 aliphatic rings. The van der Waals surface area contributed by atoms with Crippen molar-refractivity contribution in [1.29, 1.82) is 0 Å². The maximum atomic E-state index is 5.77. The molecule has 0 aromatic carbocycles. The fourth-order valence-electron chi connectivity index (χ4n) is 1.22. The van der Waals surface area contributed by atoms with E-state index in [9.17, 15) is 0 Å². The first kappa shape index (κ1) is 11.2. The first-order chi connectivity index (χ1) is 6.63. The van der Waals surface area contributed by atoms with Gasteiger partial charge in [-0.3, -0.25) is 4.98 Å². The SMILES string of the molecule is CNC(C=C(C)C)c1ccc(Cl)cn1. The third-order valence-corrected chi connectivity index (χ3v) is 2.10. The molecule has 2 nitrogen and oxygen atoms in total. The van der Waals surface area contributed by atoms with Gasteiger partial charge in [0, 0.05) is 6.20 Å². The third-order valence-electron chi connectivity index (χ3n) is 1.88. The maximum Gasteiger partial charge on any atom is 0.0681 e. The fraction of sp³-hybridized carbons (Fsp3) is 0.364. The van der Waals surface area contributed by atoms with Crippen LogP contribution in [0.1, 0.15) is 25.6 Å². The second-order valence-electron chi connectivity index (χ2n) is 3.41. The number of aromatic nitrogens is 1. The number of halogens is 1. The molecule has 1 aromatic rings. The molecule has 1 heterocycles. The Hall–Kier alpha value is -0.860. The molecular formula is C11H15ClN2. The summed E-state index contributed by atoms with van der Waals surface area (Å²) in [5.74, 6) is 0. The number of rotatable bonds is 3. The molecule has 0 bridgehead atoms. The van der Waals surface area contributed by atoms with E-state index in [0.29, 0.717) is 5.02 Å². The number of pyridine rings is 1. The van der Waals surface area contributed by atoms with Crippen LogP contribution in [-0.2, 0) is 0 Å². The van der Waals surface area contributed by atoms with Gasteiger partial charge in [-0.1, -0.05) is 23.3 Å². The van der Waals surface area contributed by atoms with Gasteiger partial charge in [0.25, 0.3) is 0 Å². The minimum absolute atomic E-state index is 0.164. The van der Waals surface area contributed by atoms with Gasteiger partial charge in [0.2, 0.25) is 0 Å². The number of nitrogens with zero attached hydrogens (tertiary/aromatic N) is 1. The zero-order valence-electron chi connectivity index (χ0n) is 8.71. The Bertz CT molecular complexity index is 313. The Labute approximate surface area is 90.0 Å². The molecule has 0 fully saturated rings. The lowest BCUT2D eigenvalue weighted by atomic mass is 10.1. The monoisotopic (exact) mass is 210 g/mol. The average Bonchev–Trinajstić information content (AvgIpc) is 2.15. The molecule has 3 heteroatoms. The van der Waals surface area contributed by atoms with Crippen LogP contribution in [0.4, 0.5) is 0 Å². The zero-order chi connectivity index (χ0) is 10.6. The molecule has 0 amide bonds. The number of likely N-dealkylation sites (N-methyl/N-ethyl adjacent to an activating group) is 1. The van der Waals surface area contributed by atoms with Crippen LogP contribution in [0, 0.1) is 0 Å². The Morgan fingerprint density at radius 3 is 2.64 bits per heavy atom. The van der Waals surface area contributed by atoms with Crippen molar-refractivity contribution in [3.63, 3.8) is 0 Å². The van der Waals surface area contributed by atoms with Crippen molar-refractivity contribution < 1.29 is 0 Å². The normalized spacial score (nSPS) is 12.3. The average molecular weight is 211 g/mol. The molecule has 76 valence electrons. The summed E-state index contributed by atoms with van der Waals surface area (Å²) < 4.78 is 0. The van der Waals surface area contributed by atoms with E-state index in [1.807, 2.05) is 19.2 Å². The van der Waals surface area contributed by atoms with E-state index in [0.717, 1.165) is 5.69 Å². The van der Waals surface area contributed by atoms with Crippen LogP contribution < -0.4 is 5.32 Å². The summed E-state index contributed by atoms with van der Waals surface area (Å²) >= 11 is 5.77. The van der Waals surface area contributed by atoms with E-state index in [1.165, 1.54) is 5.57 Å². The first-order valence-corrected chi connectivity index (χ1v) is 4.95. The predicted molar refractivity (Wildman–Crippen MR) is 60.5 cm³/mol. The highest BCUT2D eigenvalue weighted by atomic mass is 35.5. The van der Waals surface area contributed by atoms with Crippen LogP contribution >= 0.6 is 11.6 Å². The molecule has 1 unspecified atom stereocenters. The van der Waals surface area contributed by atoms with E-state index in [-0.39, 0.29) is 6.04 Å². The lowest BCUT2D eigenvalue weighted by Gasteiger charge is -2.11. The molecule has 1 rings (SSSR count). The summed E-state index contributed by atoms with van der Waals surface area (Å²) in [6.45, 7) is 4.14. The van der Waals surface area contributed by atoms with Crippen molar-refractivity contribution >= 4 is 11.6 Å². The van der Waals surface area contributed by atoms with Crippen molar-refractivity contribution in [3.8, 4) is 0 Å². The van der Waals surface area contributed by atoms with Crippen LogP contribution in [0.25, 0.3) is 0 Å². The number of allylic oxidation sites excluding steroid dienone is 1. The summed E-state index contributed by atoms with van der Waals surface area (Å²) in [6.07, 6.45) is 3.80. The van der Waals surface area contributed by atoms with Gasteiger partial charge < -0.3 is 5.32 Å². The largest absolute Gasteiger partial charge is 0.309 e. The van der Waals surface area contributed by atoms with Crippen LogP contribution in [0.2, 0.25) is 5.02 Å². The Morgan fingerprint density at radius 2 is 2.21 bits per heavy atom. The van der Waals surface area contributed by atoms with Crippen molar-refractivity contribution in [3.05, 3.63) is 40.7 Å². The standard InChI is InChI=1S/C11H15ClN2/c1-8(2)6-11(13-3)10-5-4-9(12)7-14-10/h4-7,11,13H,1-3H3. The Morgan fingerprint density at radius 1 is 1.50 bits per heavy atom. The maximum absolute atomic E-state index is 5.77. The van der Waals surface area contributed by atoms with E-state index < -0.39 is 0 Å². The van der Waals surface area contributed by atoms with Gasteiger partial charge in [0.05, 0.1) is 16.8 Å². The van der Waals surface area contributed by atoms with E-state index in [2.05, 4.69) is 30.2 Å². The number of hydrogen-bond donors (Lipinski definition) is 1. The van der Waals surface area contributed by atoms with Gasteiger partial charge in [0.15, 0.2) is 0 Å². The minimum Gasteiger partial charge on any atom is -0.309 e. The second-order valence-corrected chi connectivity index (χ2v) is 3.85. The quantitative estimate of drug-likeness (QED) is 0.776. The van der Waals surface area contributed by atoms with E-state index in [4.69, 9.17) is 11.6 Å². The molecule has 1 aromatic heterocycles. The molecule has 1 N–H and O–H groups in total. The Kier molecular flexibility index (Phi) is 4.11. The topological polar surface area (TPSA) is 24.9 Å². The minimum atomic E-state index is 0.164. The van der Waals surface area contributed by atoms with Gasteiger partial charge in [-0.2, -0.15) is 0 Å². The van der Waals surface area contributed by atoms with Gasteiger partial charge in [0.1, 0.15) is 0 Å². The smallest absolute Gasteiger partial charge is 0.0681 e. The van der Waals surface area contributed by atoms with Gasteiger partial charge in [-0.15, -0.1) is 0 Å². The molecule has 14 heavy (non-hydrogen) atoms. The molecular weight excluding hydrogens is 196 g/mol. The molecule has 1 atom stereocenters. The molecule has 0 saturated carbocycles. The highest BCUT2D eigenvalue weighted by Crippen LogP contribution is 2.15. The van der Waals surface area contributed by atoms with Crippen LogP contribution in [0.15, 0.2) is 30.0 Å². The van der Waals surface area contributed by atoms with Crippen LogP contribution in [-0.4, -0.2) is 12.0 Å². The van der Waals surface area contributed by atoms with Crippen molar-refractivity contribution in [2.24, 2.45) is 0 Å². The lowest BCUT2D eigenvalue weighted by Crippen LogP contribution is -2.15. The fourth-order valence-corrected chi connectivity index (χ4v) is 1.33. The number of hydrogen-bond acceptors (Lipinski definition) is 2.